The molecule has 0 spiro atoms. The van der Waals surface area contributed by atoms with Crippen LogP contribution in [0.3, 0.4) is 0 Å². The smallest absolute Gasteiger partial charge is 0.0965 e. The monoisotopic (exact) mass is 507 g/mol. The van der Waals surface area contributed by atoms with E-state index in [2.05, 4.69) is 44.2 Å². The average molecular weight is 508 g/mol. The van der Waals surface area contributed by atoms with Crippen molar-refractivity contribution in [2.24, 2.45) is 21.8 Å². The molecule has 0 radical (unpaired) electrons. The Kier molecular flexibility index (Phi) is 19.2. The largest absolute Gasteiger partial charge is 0.244 e. The summed E-state index contributed by atoms with van der Waals surface area (Å²) in [5.41, 5.74) is 1.47. The zero-order chi connectivity index (χ0) is 26.2. The van der Waals surface area contributed by atoms with Gasteiger partial charge in [-0.2, -0.15) is 0 Å². The van der Waals surface area contributed by atoms with Gasteiger partial charge in [-0.05, 0) is 30.7 Å². The second-order valence-electron chi connectivity index (χ2n) is 11.6. The van der Waals surface area contributed by atoms with Gasteiger partial charge in [0, 0.05) is 0 Å². The van der Waals surface area contributed by atoms with E-state index < -0.39 is 0 Å². The lowest BCUT2D eigenvalue weighted by Crippen LogP contribution is -2.22. The Hall–Kier alpha value is -1.57. The maximum Gasteiger partial charge on any atom is 0.244 e. The molecule has 1 aromatic carbocycles. The van der Waals surface area contributed by atoms with E-state index >= 15 is 0 Å². The van der Waals surface area contributed by atoms with Gasteiger partial charge >= 0.3 is 0 Å². The van der Waals surface area contributed by atoms with Gasteiger partial charge in [0.2, 0.25) is 6.17 Å². The first kappa shape index (κ1) is 31.6. The van der Waals surface area contributed by atoms with Gasteiger partial charge in [-0.15, -0.1) is 0 Å². The van der Waals surface area contributed by atoms with Crippen LogP contribution in [0.15, 0.2) is 40.3 Å². The van der Waals surface area contributed by atoms with Crippen LogP contribution in [0, 0.1) is 18.0 Å². The van der Waals surface area contributed by atoms with Gasteiger partial charge in [0.05, 0.1) is 5.92 Å². The summed E-state index contributed by atoms with van der Waals surface area (Å²) in [4.78, 5) is 9.45. The van der Waals surface area contributed by atoms with E-state index in [1.54, 1.807) is 0 Å². The third-order valence-corrected chi connectivity index (χ3v) is 8.27. The van der Waals surface area contributed by atoms with Gasteiger partial charge in [0.25, 0.3) is 0 Å². The maximum absolute atomic E-state index is 4.72. The zero-order valence-corrected chi connectivity index (χ0v) is 24.6. The van der Waals surface area contributed by atoms with Crippen molar-refractivity contribution in [3.8, 4) is 0 Å². The first-order valence-corrected chi connectivity index (χ1v) is 16.3. The molecule has 2 rings (SSSR count). The molecule has 1 aromatic rings. The first-order valence-electron chi connectivity index (χ1n) is 16.3. The fourth-order valence-electron chi connectivity index (χ4n) is 5.95. The molecule has 1 aliphatic heterocycles. The van der Waals surface area contributed by atoms with Crippen molar-refractivity contribution in [2.75, 3.05) is 0 Å². The summed E-state index contributed by atoms with van der Waals surface area (Å²) in [6.45, 7) is 4.60. The number of hydrogen-bond acceptors (Lipinski definition) is 2. The zero-order valence-electron chi connectivity index (χ0n) is 24.6. The SMILES string of the molecule is CCCCCCCCCCCCCC([C+]1N=CC=N1)C(CCCCCCCCCC)Cc1ccccc1. The Balaban J connectivity index is 1.78. The van der Waals surface area contributed by atoms with Gasteiger partial charge in [0.1, 0.15) is 0 Å². The summed E-state index contributed by atoms with van der Waals surface area (Å²) in [5.74, 6) is 1.14. The molecule has 2 nitrogen and oxygen atoms in total. The van der Waals surface area contributed by atoms with E-state index in [1.807, 2.05) is 12.4 Å². The quantitative estimate of drug-likeness (QED) is 0.0928. The minimum Gasteiger partial charge on any atom is -0.0965 e. The standard InChI is InChI=1S/C35H59N2/c1-3-5-7-9-11-13-14-15-17-19-24-28-34(35-36-29-30-37-35)33(31-32-25-21-20-22-26-32)27-23-18-16-12-10-8-6-4-2/h20-22,25-26,29-30,33-34H,3-19,23-24,27-28,31H2,1-2H3/q+1. The van der Waals surface area contributed by atoms with Gasteiger partial charge < -0.3 is 0 Å². The predicted octanol–water partition coefficient (Wildman–Crippen LogP) is 11.3. The van der Waals surface area contributed by atoms with Crippen molar-refractivity contribution in [3.05, 3.63) is 42.1 Å². The number of hydrogen-bond donors (Lipinski definition) is 0. The topological polar surface area (TPSA) is 24.7 Å². The van der Waals surface area contributed by atoms with Crippen LogP contribution in [0.4, 0.5) is 0 Å². The first-order chi connectivity index (χ1) is 18.3. The van der Waals surface area contributed by atoms with Gasteiger partial charge in [-0.1, -0.05) is 176 Å². The Labute approximate surface area is 231 Å². The van der Waals surface area contributed by atoms with Crippen molar-refractivity contribution in [2.45, 2.75) is 155 Å². The predicted molar refractivity (Wildman–Crippen MR) is 166 cm³/mol. The number of benzene rings is 1. The Morgan fingerprint density at radius 2 is 0.973 bits per heavy atom. The maximum atomic E-state index is 4.72. The van der Waals surface area contributed by atoms with Gasteiger partial charge in [0.15, 0.2) is 12.4 Å². The molecule has 1 heterocycles. The molecule has 1 aliphatic rings. The number of aliphatic imine (C=N–C) groups is 2. The fraction of sp³-hybridized carbons (Fsp3) is 0.743. The molecule has 2 heteroatoms. The van der Waals surface area contributed by atoms with E-state index in [4.69, 9.17) is 9.98 Å². The molecule has 2 unspecified atom stereocenters. The molecule has 208 valence electrons. The highest BCUT2D eigenvalue weighted by Gasteiger charge is 2.35. The lowest BCUT2D eigenvalue weighted by atomic mass is 9.78. The van der Waals surface area contributed by atoms with Crippen LogP contribution in [0.25, 0.3) is 0 Å². The number of nitrogens with zero attached hydrogens (tertiary/aromatic N) is 2. The third kappa shape index (κ3) is 15.4. The molecule has 0 saturated carbocycles. The minimum atomic E-state index is 0.498. The van der Waals surface area contributed by atoms with Crippen LogP contribution in [-0.2, 0) is 6.42 Å². The Morgan fingerprint density at radius 1 is 0.541 bits per heavy atom. The summed E-state index contributed by atoms with van der Waals surface area (Å²) in [6, 6.07) is 11.2. The molecule has 0 saturated heterocycles. The highest BCUT2D eigenvalue weighted by Crippen LogP contribution is 2.37. The highest BCUT2D eigenvalue weighted by atomic mass is 15.0. The molecular formula is C35H59N2+. The molecule has 0 N–H and O–H groups in total. The van der Waals surface area contributed by atoms with Crippen LogP contribution in [0.1, 0.15) is 154 Å². The van der Waals surface area contributed by atoms with Crippen molar-refractivity contribution >= 4 is 12.4 Å². The van der Waals surface area contributed by atoms with Crippen molar-refractivity contribution in [3.63, 3.8) is 0 Å². The normalized spacial score (nSPS) is 14.5. The highest BCUT2D eigenvalue weighted by molar-refractivity contribution is 6.18. The summed E-state index contributed by atoms with van der Waals surface area (Å²) >= 11 is 0. The summed E-state index contributed by atoms with van der Waals surface area (Å²) in [7, 11) is 0. The van der Waals surface area contributed by atoms with Crippen molar-refractivity contribution in [1.82, 2.24) is 0 Å². The van der Waals surface area contributed by atoms with Crippen LogP contribution < -0.4 is 0 Å². The second kappa shape index (κ2) is 22.4. The van der Waals surface area contributed by atoms with Crippen LogP contribution in [0.5, 0.6) is 0 Å². The van der Waals surface area contributed by atoms with Gasteiger partial charge in [-0.25, -0.2) is 0 Å². The van der Waals surface area contributed by atoms with E-state index in [-0.39, 0.29) is 0 Å². The van der Waals surface area contributed by atoms with E-state index in [1.165, 1.54) is 140 Å². The lowest BCUT2D eigenvalue weighted by molar-refractivity contribution is 0.284. The minimum absolute atomic E-state index is 0.498. The molecular weight excluding hydrogens is 448 g/mol. The Bertz CT molecular complexity index is 668. The second-order valence-corrected chi connectivity index (χ2v) is 11.6. The fourth-order valence-corrected chi connectivity index (χ4v) is 5.95. The van der Waals surface area contributed by atoms with E-state index in [0.717, 1.165) is 12.6 Å². The van der Waals surface area contributed by atoms with Crippen molar-refractivity contribution < 1.29 is 0 Å². The molecule has 0 aromatic heterocycles. The van der Waals surface area contributed by atoms with Crippen LogP contribution >= 0.6 is 0 Å². The molecule has 0 amide bonds. The number of rotatable bonds is 25. The van der Waals surface area contributed by atoms with E-state index in [0.29, 0.717) is 11.8 Å². The van der Waals surface area contributed by atoms with E-state index in [9.17, 15) is 0 Å². The van der Waals surface area contributed by atoms with Crippen LogP contribution in [-0.4, -0.2) is 12.4 Å². The number of unbranched alkanes of at least 4 members (excludes halogenated alkanes) is 17. The average Bonchev–Trinajstić information content (AvgIpc) is 3.46. The summed E-state index contributed by atoms with van der Waals surface area (Å²) in [6.07, 6.45) is 35.2. The Morgan fingerprint density at radius 3 is 1.46 bits per heavy atom. The molecule has 2 atom stereocenters. The molecule has 0 aliphatic carbocycles. The van der Waals surface area contributed by atoms with Gasteiger partial charge in [-0.3, -0.25) is 0 Å². The lowest BCUT2D eigenvalue weighted by Gasteiger charge is -2.26. The van der Waals surface area contributed by atoms with Crippen molar-refractivity contribution in [1.29, 1.82) is 0 Å². The third-order valence-electron chi connectivity index (χ3n) is 8.27. The summed E-state index contributed by atoms with van der Waals surface area (Å²) in [5, 5.41) is 0. The molecule has 0 bridgehead atoms. The van der Waals surface area contributed by atoms with Crippen LogP contribution in [0.2, 0.25) is 0 Å². The molecule has 37 heavy (non-hydrogen) atoms. The molecule has 0 fully saturated rings. The summed E-state index contributed by atoms with van der Waals surface area (Å²) < 4.78 is 0.